The van der Waals surface area contributed by atoms with E-state index >= 15 is 0 Å². The van der Waals surface area contributed by atoms with Gasteiger partial charge in [0.15, 0.2) is 5.69 Å². The highest BCUT2D eigenvalue weighted by atomic mass is 127. The summed E-state index contributed by atoms with van der Waals surface area (Å²) in [5.74, 6) is 0.358. The fraction of sp³-hybridized carbons (Fsp3) is 0.143. The highest BCUT2D eigenvalue weighted by molar-refractivity contribution is 14.1. The van der Waals surface area contributed by atoms with Crippen LogP contribution in [0.5, 0.6) is 0 Å². The second-order valence-corrected chi connectivity index (χ2v) is 3.73. The first-order valence-electron chi connectivity index (χ1n) is 2.99. The molecule has 0 atom stereocenters. The highest BCUT2D eigenvalue weighted by Gasteiger charge is 2.09. The molecule has 1 aromatic rings. The number of nitrogens with zero attached hydrogens (tertiary/aromatic N) is 2. The minimum atomic E-state index is 0.245. The van der Waals surface area contributed by atoms with E-state index in [0.29, 0.717) is 10.9 Å². The third kappa shape index (κ3) is 1.82. The molecule has 0 radical (unpaired) electrons. The lowest BCUT2D eigenvalue weighted by molar-refractivity contribution is 1.19. The SMILES string of the molecule is N#Cc1ncc(CCl)c(I)c1Cl. The lowest BCUT2D eigenvalue weighted by Crippen LogP contribution is -1.92. The quantitative estimate of drug-likeness (QED) is 0.590. The zero-order valence-corrected chi connectivity index (χ0v) is 9.48. The summed E-state index contributed by atoms with van der Waals surface area (Å²) in [6.07, 6.45) is 1.57. The van der Waals surface area contributed by atoms with E-state index in [1.54, 1.807) is 6.20 Å². The number of nitriles is 1. The summed E-state index contributed by atoms with van der Waals surface area (Å²) in [4.78, 5) is 3.85. The van der Waals surface area contributed by atoms with Gasteiger partial charge >= 0.3 is 0 Å². The molecule has 0 fully saturated rings. The smallest absolute Gasteiger partial charge is 0.160 e. The molecular formula is C7H3Cl2IN2. The molecule has 0 bridgehead atoms. The molecule has 5 heteroatoms. The predicted octanol–water partition coefficient (Wildman–Crippen LogP) is 2.95. The van der Waals surface area contributed by atoms with Crippen LogP contribution in [0.3, 0.4) is 0 Å². The number of hydrogen-bond acceptors (Lipinski definition) is 2. The van der Waals surface area contributed by atoms with Crippen LogP contribution in [0.4, 0.5) is 0 Å². The maximum atomic E-state index is 8.57. The molecule has 12 heavy (non-hydrogen) atoms. The summed E-state index contributed by atoms with van der Waals surface area (Å²) in [6, 6.07) is 1.90. The van der Waals surface area contributed by atoms with E-state index < -0.39 is 0 Å². The molecule has 0 aliphatic rings. The van der Waals surface area contributed by atoms with Crippen LogP contribution in [0.25, 0.3) is 0 Å². The van der Waals surface area contributed by atoms with Crippen molar-refractivity contribution in [1.82, 2.24) is 4.98 Å². The molecule has 2 nitrogen and oxygen atoms in total. The van der Waals surface area contributed by atoms with Crippen molar-refractivity contribution in [3.05, 3.63) is 26.0 Å². The van der Waals surface area contributed by atoms with Crippen molar-refractivity contribution in [1.29, 1.82) is 5.26 Å². The van der Waals surface area contributed by atoms with E-state index in [0.717, 1.165) is 9.13 Å². The first-order valence-corrected chi connectivity index (χ1v) is 4.98. The Kier molecular flexibility index (Phi) is 3.56. The monoisotopic (exact) mass is 312 g/mol. The molecule has 0 aromatic carbocycles. The Morgan fingerprint density at radius 2 is 2.33 bits per heavy atom. The van der Waals surface area contributed by atoms with Crippen molar-refractivity contribution in [2.75, 3.05) is 0 Å². The first kappa shape index (κ1) is 10.0. The second kappa shape index (κ2) is 4.26. The van der Waals surface area contributed by atoms with Gasteiger partial charge in [0.1, 0.15) is 6.07 Å². The van der Waals surface area contributed by atoms with Gasteiger partial charge in [0.25, 0.3) is 0 Å². The van der Waals surface area contributed by atoms with E-state index in [9.17, 15) is 0 Å². The van der Waals surface area contributed by atoms with E-state index in [1.165, 1.54) is 0 Å². The topological polar surface area (TPSA) is 36.7 Å². The molecule has 0 spiro atoms. The summed E-state index contributed by atoms with van der Waals surface area (Å²) >= 11 is 13.5. The van der Waals surface area contributed by atoms with Crippen LogP contribution < -0.4 is 0 Å². The van der Waals surface area contributed by atoms with Gasteiger partial charge in [0.05, 0.1) is 5.02 Å². The fourth-order valence-electron chi connectivity index (χ4n) is 0.672. The number of rotatable bonds is 1. The van der Waals surface area contributed by atoms with Crippen LogP contribution in [0, 0.1) is 14.9 Å². The third-order valence-electron chi connectivity index (χ3n) is 1.28. The number of aromatic nitrogens is 1. The van der Waals surface area contributed by atoms with Crippen LogP contribution in [0.2, 0.25) is 5.02 Å². The molecule has 0 saturated heterocycles. The Labute approximate surface area is 93.6 Å². The summed E-state index contributed by atoms with van der Waals surface area (Å²) < 4.78 is 0.802. The standard InChI is InChI=1S/C7H3Cl2IN2/c8-1-4-3-12-5(2-11)6(9)7(4)10/h3H,1H2. The number of hydrogen-bond donors (Lipinski definition) is 0. The third-order valence-corrected chi connectivity index (χ3v) is 3.49. The molecule has 0 aliphatic carbocycles. The van der Waals surface area contributed by atoms with Crippen molar-refractivity contribution in [2.45, 2.75) is 5.88 Å². The van der Waals surface area contributed by atoms with E-state index in [-0.39, 0.29) is 5.69 Å². The van der Waals surface area contributed by atoms with Gasteiger partial charge in [-0.15, -0.1) is 11.6 Å². The Morgan fingerprint density at radius 1 is 1.67 bits per heavy atom. The van der Waals surface area contributed by atoms with Gasteiger partial charge in [-0.2, -0.15) is 5.26 Å². The number of alkyl halides is 1. The Bertz CT molecular complexity index is 346. The number of halogens is 3. The molecule has 62 valence electrons. The van der Waals surface area contributed by atoms with Crippen molar-refractivity contribution in [3.63, 3.8) is 0 Å². The van der Waals surface area contributed by atoms with E-state index in [1.807, 2.05) is 28.7 Å². The van der Waals surface area contributed by atoms with Crippen molar-refractivity contribution >= 4 is 45.8 Å². The fourth-order valence-corrected chi connectivity index (χ4v) is 1.90. The maximum absolute atomic E-state index is 8.57. The summed E-state index contributed by atoms with van der Waals surface area (Å²) in [5.41, 5.74) is 1.09. The van der Waals surface area contributed by atoms with Gasteiger partial charge in [0.2, 0.25) is 0 Å². The molecule has 0 N–H and O–H groups in total. The molecule has 1 aromatic heterocycles. The highest BCUT2D eigenvalue weighted by Crippen LogP contribution is 2.24. The predicted molar refractivity (Wildman–Crippen MR) is 56.2 cm³/mol. The van der Waals surface area contributed by atoms with Crippen molar-refractivity contribution < 1.29 is 0 Å². The van der Waals surface area contributed by atoms with E-state index in [2.05, 4.69) is 4.98 Å². The summed E-state index contributed by atoms with van der Waals surface area (Å²) in [7, 11) is 0. The Morgan fingerprint density at radius 3 is 2.83 bits per heavy atom. The van der Waals surface area contributed by atoms with Crippen LogP contribution >= 0.6 is 45.8 Å². The van der Waals surface area contributed by atoms with Gasteiger partial charge in [-0.25, -0.2) is 4.98 Å². The van der Waals surface area contributed by atoms with Crippen molar-refractivity contribution in [3.8, 4) is 6.07 Å². The molecule has 1 heterocycles. The second-order valence-electron chi connectivity index (χ2n) is 2.01. The zero-order valence-electron chi connectivity index (χ0n) is 5.81. The number of pyridine rings is 1. The molecule has 0 aliphatic heterocycles. The van der Waals surface area contributed by atoms with Gasteiger partial charge in [0, 0.05) is 21.2 Å². The maximum Gasteiger partial charge on any atom is 0.160 e. The molecule has 0 unspecified atom stereocenters. The normalized spacial score (nSPS) is 9.50. The van der Waals surface area contributed by atoms with Crippen LogP contribution in [0.1, 0.15) is 11.3 Å². The molecule has 0 amide bonds. The Balaban J connectivity index is 3.32. The van der Waals surface area contributed by atoms with Gasteiger partial charge in [-0.1, -0.05) is 11.6 Å². The zero-order chi connectivity index (χ0) is 9.14. The van der Waals surface area contributed by atoms with Crippen LogP contribution in [0.15, 0.2) is 6.20 Å². The van der Waals surface area contributed by atoms with Gasteiger partial charge in [-0.05, 0) is 22.6 Å². The molecule has 1 rings (SSSR count). The van der Waals surface area contributed by atoms with Crippen LogP contribution in [-0.2, 0) is 5.88 Å². The van der Waals surface area contributed by atoms with Crippen LogP contribution in [-0.4, -0.2) is 4.98 Å². The van der Waals surface area contributed by atoms with Crippen molar-refractivity contribution in [2.24, 2.45) is 0 Å². The minimum absolute atomic E-state index is 0.245. The summed E-state index contributed by atoms with van der Waals surface area (Å²) in [5, 5.41) is 8.96. The van der Waals surface area contributed by atoms with E-state index in [4.69, 9.17) is 28.5 Å². The van der Waals surface area contributed by atoms with Gasteiger partial charge < -0.3 is 0 Å². The largest absolute Gasteiger partial charge is 0.244 e. The lowest BCUT2D eigenvalue weighted by atomic mass is 10.3. The minimum Gasteiger partial charge on any atom is -0.244 e. The summed E-state index contributed by atoms with van der Waals surface area (Å²) in [6.45, 7) is 0. The Hall–Kier alpha value is -0.0500. The first-order chi connectivity index (χ1) is 5.70. The molecule has 0 saturated carbocycles. The average Bonchev–Trinajstić information content (AvgIpc) is 2.10. The van der Waals surface area contributed by atoms with Gasteiger partial charge in [-0.3, -0.25) is 0 Å². The molecular weight excluding hydrogens is 310 g/mol. The average molecular weight is 313 g/mol. The lowest BCUT2D eigenvalue weighted by Gasteiger charge is -2.01.